The van der Waals surface area contributed by atoms with Gasteiger partial charge in [-0.05, 0) is 64.9 Å². The first-order chi connectivity index (χ1) is 20.0. The quantitative estimate of drug-likeness (QED) is 0.135. The van der Waals surface area contributed by atoms with E-state index >= 15 is 0 Å². The third-order valence-electron chi connectivity index (χ3n) is 6.13. The van der Waals surface area contributed by atoms with E-state index in [0.717, 1.165) is 26.9 Å². The van der Waals surface area contributed by atoms with E-state index in [2.05, 4.69) is 16.0 Å². The highest BCUT2D eigenvalue weighted by molar-refractivity contribution is 8.00. The van der Waals surface area contributed by atoms with Gasteiger partial charge in [0.05, 0.1) is 5.75 Å². The summed E-state index contributed by atoms with van der Waals surface area (Å²) < 4.78 is 0. The predicted octanol–water partition coefficient (Wildman–Crippen LogP) is 6.98. The van der Waals surface area contributed by atoms with Crippen LogP contribution in [-0.2, 0) is 9.59 Å². The molecule has 0 aliphatic rings. The lowest BCUT2D eigenvalue weighted by molar-refractivity contribution is -0.114. The van der Waals surface area contributed by atoms with Crippen LogP contribution in [0.1, 0.15) is 15.9 Å². The lowest BCUT2D eigenvalue weighted by Gasteiger charge is -2.12. The highest BCUT2D eigenvalue weighted by atomic mass is 32.2. The zero-order valence-corrected chi connectivity index (χ0v) is 22.9. The molecule has 0 aliphatic heterocycles. The first-order valence-electron chi connectivity index (χ1n) is 13.0. The van der Waals surface area contributed by atoms with Crippen LogP contribution in [0.5, 0.6) is 0 Å². The molecular formula is C34H27N3O3S. The molecule has 0 heterocycles. The van der Waals surface area contributed by atoms with Crippen molar-refractivity contribution in [3.05, 3.63) is 144 Å². The molecule has 5 rings (SSSR count). The SMILES string of the molecule is O=C(CSc1cccc(NC(=O)/C(=C/c2ccccc2)NC(=O)c2ccccc2)c1)Nc1ccc2ccccc2c1. The number of fused-ring (bicyclic) bond motifs is 1. The molecule has 202 valence electrons. The topological polar surface area (TPSA) is 87.3 Å². The average molecular weight is 558 g/mol. The summed E-state index contributed by atoms with van der Waals surface area (Å²) in [6, 6.07) is 39.1. The third-order valence-corrected chi connectivity index (χ3v) is 7.13. The highest BCUT2D eigenvalue weighted by Gasteiger charge is 2.15. The fraction of sp³-hybridized carbons (Fsp3) is 0.0294. The van der Waals surface area contributed by atoms with E-state index in [1.54, 1.807) is 42.5 Å². The van der Waals surface area contributed by atoms with Crippen LogP contribution < -0.4 is 16.0 Å². The van der Waals surface area contributed by atoms with Gasteiger partial charge in [0.2, 0.25) is 5.91 Å². The largest absolute Gasteiger partial charge is 0.325 e. The second-order valence-electron chi connectivity index (χ2n) is 9.17. The minimum absolute atomic E-state index is 0.109. The summed E-state index contributed by atoms with van der Waals surface area (Å²) in [5.41, 5.74) is 2.61. The first kappa shape index (κ1) is 27.4. The van der Waals surface area contributed by atoms with Crippen LogP contribution in [0.2, 0.25) is 0 Å². The molecule has 3 N–H and O–H groups in total. The Labute approximate surface area is 242 Å². The zero-order valence-electron chi connectivity index (χ0n) is 22.0. The summed E-state index contributed by atoms with van der Waals surface area (Å²) in [6.45, 7) is 0. The van der Waals surface area contributed by atoms with Crippen LogP contribution in [-0.4, -0.2) is 23.5 Å². The summed E-state index contributed by atoms with van der Waals surface area (Å²) in [7, 11) is 0. The Morgan fingerprint density at radius 1 is 0.634 bits per heavy atom. The minimum atomic E-state index is -0.464. The van der Waals surface area contributed by atoms with Crippen LogP contribution in [0.25, 0.3) is 16.8 Å². The number of anilines is 2. The second kappa shape index (κ2) is 13.3. The third kappa shape index (κ3) is 7.71. The molecule has 41 heavy (non-hydrogen) atoms. The molecule has 6 nitrogen and oxygen atoms in total. The van der Waals surface area contributed by atoms with E-state index < -0.39 is 5.91 Å². The van der Waals surface area contributed by atoms with Crippen molar-refractivity contribution < 1.29 is 14.4 Å². The number of nitrogens with one attached hydrogen (secondary N) is 3. The van der Waals surface area contributed by atoms with Crippen LogP contribution >= 0.6 is 11.8 Å². The Kier molecular flexibility index (Phi) is 8.88. The Morgan fingerprint density at radius 3 is 2.10 bits per heavy atom. The Bertz CT molecular complexity index is 1720. The second-order valence-corrected chi connectivity index (χ2v) is 10.2. The van der Waals surface area contributed by atoms with Gasteiger partial charge >= 0.3 is 0 Å². The number of hydrogen-bond donors (Lipinski definition) is 3. The van der Waals surface area contributed by atoms with Crippen molar-refractivity contribution in [3.8, 4) is 0 Å². The first-order valence-corrected chi connectivity index (χ1v) is 14.0. The maximum Gasteiger partial charge on any atom is 0.272 e. The number of benzene rings is 5. The van der Waals surface area contributed by atoms with Gasteiger partial charge in [-0.15, -0.1) is 11.8 Å². The monoisotopic (exact) mass is 557 g/mol. The van der Waals surface area contributed by atoms with Gasteiger partial charge in [0, 0.05) is 21.8 Å². The molecule has 0 unspecified atom stereocenters. The minimum Gasteiger partial charge on any atom is -0.325 e. The number of carbonyl (C=O) groups is 3. The number of thioether (sulfide) groups is 1. The molecule has 7 heteroatoms. The molecule has 5 aromatic carbocycles. The Hall–Kier alpha value is -5.14. The average Bonchev–Trinajstić information content (AvgIpc) is 3.01. The fourth-order valence-corrected chi connectivity index (χ4v) is 4.89. The summed E-state index contributed by atoms with van der Waals surface area (Å²) in [4.78, 5) is 39.6. The Balaban J connectivity index is 1.24. The van der Waals surface area contributed by atoms with Crippen molar-refractivity contribution in [1.82, 2.24) is 5.32 Å². The van der Waals surface area contributed by atoms with Gasteiger partial charge in [0.25, 0.3) is 11.8 Å². The zero-order chi connectivity index (χ0) is 28.4. The van der Waals surface area contributed by atoms with Crippen molar-refractivity contribution in [2.24, 2.45) is 0 Å². The van der Waals surface area contributed by atoms with E-state index in [9.17, 15) is 14.4 Å². The van der Waals surface area contributed by atoms with Crippen molar-refractivity contribution in [2.75, 3.05) is 16.4 Å². The van der Waals surface area contributed by atoms with Crippen molar-refractivity contribution >= 4 is 57.7 Å². The van der Waals surface area contributed by atoms with E-state index in [1.807, 2.05) is 91.0 Å². The number of carbonyl (C=O) groups excluding carboxylic acids is 3. The van der Waals surface area contributed by atoms with Gasteiger partial charge in [0.15, 0.2) is 0 Å². The van der Waals surface area contributed by atoms with Crippen molar-refractivity contribution in [3.63, 3.8) is 0 Å². The van der Waals surface area contributed by atoms with Crippen LogP contribution in [0, 0.1) is 0 Å². The Morgan fingerprint density at radius 2 is 1.32 bits per heavy atom. The van der Waals surface area contributed by atoms with Gasteiger partial charge in [-0.3, -0.25) is 14.4 Å². The standard InChI is InChI=1S/C34H27N3O3S/c38-32(35-29-19-18-25-12-7-8-15-27(25)21-29)23-41-30-17-9-16-28(22-30)36-34(40)31(20-24-10-3-1-4-11-24)37-33(39)26-13-5-2-6-14-26/h1-22H,23H2,(H,35,38)(H,36,40)(H,37,39)/b31-20-. The summed E-state index contributed by atoms with van der Waals surface area (Å²) in [5.74, 6) is -0.772. The molecule has 0 saturated heterocycles. The fourth-order valence-electron chi connectivity index (χ4n) is 4.13. The predicted molar refractivity (Wildman–Crippen MR) is 167 cm³/mol. The van der Waals surface area contributed by atoms with E-state index in [1.165, 1.54) is 11.8 Å². The van der Waals surface area contributed by atoms with E-state index in [-0.39, 0.29) is 23.3 Å². The van der Waals surface area contributed by atoms with Crippen molar-refractivity contribution in [1.29, 1.82) is 0 Å². The maximum atomic E-state index is 13.3. The molecule has 0 radical (unpaired) electrons. The number of hydrogen-bond acceptors (Lipinski definition) is 4. The molecule has 5 aromatic rings. The maximum absolute atomic E-state index is 13.3. The van der Waals surface area contributed by atoms with Gasteiger partial charge in [-0.1, -0.05) is 84.9 Å². The summed E-state index contributed by atoms with van der Waals surface area (Å²) in [6.07, 6.45) is 1.63. The van der Waals surface area contributed by atoms with Crippen LogP contribution in [0.4, 0.5) is 11.4 Å². The molecule has 0 bridgehead atoms. The lowest BCUT2D eigenvalue weighted by Crippen LogP contribution is -2.30. The van der Waals surface area contributed by atoms with Gasteiger partial charge in [0.1, 0.15) is 5.70 Å². The number of amides is 3. The van der Waals surface area contributed by atoms with Gasteiger partial charge in [-0.25, -0.2) is 0 Å². The molecule has 3 amide bonds. The molecule has 0 saturated carbocycles. The smallest absolute Gasteiger partial charge is 0.272 e. The van der Waals surface area contributed by atoms with Crippen LogP contribution in [0.3, 0.4) is 0 Å². The molecule has 0 spiro atoms. The summed E-state index contributed by atoms with van der Waals surface area (Å²) in [5, 5.41) is 10.7. The molecule has 0 aliphatic carbocycles. The number of rotatable bonds is 9. The molecule has 0 aromatic heterocycles. The summed E-state index contributed by atoms with van der Waals surface area (Å²) >= 11 is 1.36. The molecule has 0 fully saturated rings. The normalized spacial score (nSPS) is 11.1. The van der Waals surface area contributed by atoms with Gasteiger partial charge in [-0.2, -0.15) is 0 Å². The van der Waals surface area contributed by atoms with E-state index in [0.29, 0.717) is 11.3 Å². The van der Waals surface area contributed by atoms with E-state index in [4.69, 9.17) is 0 Å². The lowest BCUT2D eigenvalue weighted by atomic mass is 10.1. The van der Waals surface area contributed by atoms with Crippen molar-refractivity contribution in [2.45, 2.75) is 4.90 Å². The van der Waals surface area contributed by atoms with Gasteiger partial charge < -0.3 is 16.0 Å². The molecular weight excluding hydrogens is 530 g/mol. The molecule has 0 atom stereocenters. The van der Waals surface area contributed by atoms with Crippen LogP contribution in [0.15, 0.2) is 138 Å². The highest BCUT2D eigenvalue weighted by Crippen LogP contribution is 2.23.